The molecule has 0 bridgehead atoms. The van der Waals surface area contributed by atoms with E-state index in [9.17, 15) is 5.11 Å². The molecule has 0 aromatic heterocycles. The van der Waals surface area contributed by atoms with Crippen molar-refractivity contribution in [1.82, 2.24) is 5.32 Å². The second-order valence-electron chi connectivity index (χ2n) is 5.47. The summed E-state index contributed by atoms with van der Waals surface area (Å²) in [6.45, 7) is 6.31. The summed E-state index contributed by atoms with van der Waals surface area (Å²) in [7, 11) is 0. The normalized spacial score (nSPS) is 21.9. The first-order chi connectivity index (χ1) is 9.85. The zero-order valence-electron chi connectivity index (χ0n) is 12.1. The lowest BCUT2D eigenvalue weighted by Crippen LogP contribution is -2.26. The lowest BCUT2D eigenvalue weighted by Gasteiger charge is -2.18. The van der Waals surface area contributed by atoms with E-state index in [-0.39, 0.29) is 0 Å². The topological polar surface area (TPSA) is 41.5 Å². The fraction of sp³-hybridized carbons (Fsp3) is 0.529. The molecule has 2 atom stereocenters. The Morgan fingerprint density at radius 2 is 2.10 bits per heavy atom. The van der Waals surface area contributed by atoms with Gasteiger partial charge in [-0.05, 0) is 37.3 Å². The third-order valence-electron chi connectivity index (χ3n) is 4.10. The van der Waals surface area contributed by atoms with Crippen LogP contribution in [0.5, 0.6) is 5.75 Å². The summed E-state index contributed by atoms with van der Waals surface area (Å²) in [5.41, 5.74) is 1.17. The molecule has 1 saturated carbocycles. The molecule has 1 aromatic carbocycles. The Hall–Kier alpha value is -1.32. The van der Waals surface area contributed by atoms with E-state index in [1.807, 2.05) is 18.2 Å². The number of ether oxygens (including phenoxy) is 1. The SMILES string of the molecule is C=CCOc1ccccc1CNCC1CCCC1CO. The second-order valence-corrected chi connectivity index (χ2v) is 5.47. The van der Waals surface area contributed by atoms with Crippen molar-refractivity contribution in [3.63, 3.8) is 0 Å². The molecular weight excluding hydrogens is 250 g/mol. The van der Waals surface area contributed by atoms with E-state index < -0.39 is 0 Å². The summed E-state index contributed by atoms with van der Waals surface area (Å²) in [5, 5.41) is 12.8. The molecule has 20 heavy (non-hydrogen) atoms. The lowest BCUT2D eigenvalue weighted by molar-refractivity contribution is 0.192. The summed E-state index contributed by atoms with van der Waals surface area (Å²) < 4.78 is 5.65. The summed E-state index contributed by atoms with van der Waals surface area (Å²) in [4.78, 5) is 0. The van der Waals surface area contributed by atoms with E-state index in [0.29, 0.717) is 25.0 Å². The van der Waals surface area contributed by atoms with Crippen molar-refractivity contribution in [2.45, 2.75) is 25.8 Å². The predicted octanol–water partition coefficient (Wildman–Crippen LogP) is 2.75. The van der Waals surface area contributed by atoms with Gasteiger partial charge in [-0.25, -0.2) is 0 Å². The average molecular weight is 275 g/mol. The lowest BCUT2D eigenvalue weighted by atomic mass is 9.97. The van der Waals surface area contributed by atoms with Gasteiger partial charge in [0.1, 0.15) is 12.4 Å². The van der Waals surface area contributed by atoms with Gasteiger partial charge in [-0.1, -0.05) is 37.3 Å². The van der Waals surface area contributed by atoms with Gasteiger partial charge in [0, 0.05) is 18.7 Å². The molecule has 1 aromatic rings. The van der Waals surface area contributed by atoms with Gasteiger partial charge in [-0.15, -0.1) is 0 Å². The minimum absolute atomic E-state index is 0.325. The minimum atomic E-state index is 0.325. The average Bonchev–Trinajstić information content (AvgIpc) is 2.94. The van der Waals surface area contributed by atoms with Gasteiger partial charge in [0.15, 0.2) is 0 Å². The van der Waals surface area contributed by atoms with Crippen molar-refractivity contribution in [3.8, 4) is 5.75 Å². The molecule has 3 heteroatoms. The van der Waals surface area contributed by atoms with Gasteiger partial charge in [0.05, 0.1) is 0 Å². The Kier molecular flexibility index (Phi) is 6.09. The fourth-order valence-corrected chi connectivity index (χ4v) is 2.95. The maximum Gasteiger partial charge on any atom is 0.124 e. The van der Waals surface area contributed by atoms with Crippen LogP contribution < -0.4 is 10.1 Å². The van der Waals surface area contributed by atoms with Crippen LogP contribution in [0.25, 0.3) is 0 Å². The van der Waals surface area contributed by atoms with Gasteiger partial charge in [-0.2, -0.15) is 0 Å². The third-order valence-corrected chi connectivity index (χ3v) is 4.10. The van der Waals surface area contributed by atoms with Crippen LogP contribution in [-0.4, -0.2) is 24.9 Å². The molecule has 3 nitrogen and oxygen atoms in total. The van der Waals surface area contributed by atoms with E-state index in [0.717, 1.165) is 18.8 Å². The third kappa shape index (κ3) is 4.09. The van der Waals surface area contributed by atoms with Crippen LogP contribution in [0.15, 0.2) is 36.9 Å². The van der Waals surface area contributed by atoms with Crippen LogP contribution in [0.3, 0.4) is 0 Å². The van der Waals surface area contributed by atoms with Gasteiger partial charge in [0.25, 0.3) is 0 Å². The van der Waals surface area contributed by atoms with Gasteiger partial charge in [0.2, 0.25) is 0 Å². The Morgan fingerprint density at radius 1 is 1.30 bits per heavy atom. The first kappa shape index (κ1) is 15.1. The van der Waals surface area contributed by atoms with E-state index in [1.54, 1.807) is 6.08 Å². The molecule has 0 saturated heterocycles. The highest BCUT2D eigenvalue weighted by molar-refractivity contribution is 5.33. The number of hydrogen-bond donors (Lipinski definition) is 2. The molecule has 1 fully saturated rings. The molecule has 2 unspecified atom stereocenters. The zero-order valence-corrected chi connectivity index (χ0v) is 12.1. The molecule has 0 radical (unpaired) electrons. The van der Waals surface area contributed by atoms with E-state index in [4.69, 9.17) is 4.74 Å². The van der Waals surface area contributed by atoms with Crippen molar-refractivity contribution < 1.29 is 9.84 Å². The van der Waals surface area contributed by atoms with Crippen LogP contribution in [0.4, 0.5) is 0 Å². The first-order valence-corrected chi connectivity index (χ1v) is 7.48. The highest BCUT2D eigenvalue weighted by Gasteiger charge is 2.25. The van der Waals surface area contributed by atoms with Crippen molar-refractivity contribution in [3.05, 3.63) is 42.5 Å². The van der Waals surface area contributed by atoms with Crippen LogP contribution in [0.1, 0.15) is 24.8 Å². The quantitative estimate of drug-likeness (QED) is 0.717. The fourth-order valence-electron chi connectivity index (χ4n) is 2.95. The van der Waals surface area contributed by atoms with Crippen LogP contribution >= 0.6 is 0 Å². The standard InChI is InChI=1S/C17H25NO2/c1-2-10-20-17-9-4-3-6-15(17)12-18-11-14-7-5-8-16(14)13-19/h2-4,6,9,14,16,18-19H,1,5,7-8,10-13H2. The summed E-state index contributed by atoms with van der Waals surface area (Å²) >= 11 is 0. The van der Waals surface area contributed by atoms with Crippen molar-refractivity contribution >= 4 is 0 Å². The smallest absolute Gasteiger partial charge is 0.124 e. The van der Waals surface area contributed by atoms with Gasteiger partial charge < -0.3 is 15.2 Å². The van der Waals surface area contributed by atoms with E-state index >= 15 is 0 Å². The summed E-state index contributed by atoms with van der Waals surface area (Å²) in [6.07, 6.45) is 5.40. The maximum absolute atomic E-state index is 9.34. The number of rotatable bonds is 8. The molecule has 2 rings (SSSR count). The van der Waals surface area contributed by atoms with Gasteiger partial charge in [-0.3, -0.25) is 0 Å². The van der Waals surface area contributed by atoms with Crippen LogP contribution in [0, 0.1) is 11.8 Å². The summed E-state index contributed by atoms with van der Waals surface area (Å²) in [6, 6.07) is 8.10. The monoisotopic (exact) mass is 275 g/mol. The van der Waals surface area contributed by atoms with Crippen LogP contribution in [-0.2, 0) is 6.54 Å². The molecule has 2 N–H and O–H groups in total. The van der Waals surface area contributed by atoms with Crippen molar-refractivity contribution in [2.75, 3.05) is 19.8 Å². The predicted molar refractivity (Wildman–Crippen MR) is 81.8 cm³/mol. The van der Waals surface area contributed by atoms with Crippen molar-refractivity contribution in [2.24, 2.45) is 11.8 Å². The molecule has 0 aliphatic heterocycles. The molecule has 0 heterocycles. The number of aliphatic hydroxyl groups excluding tert-OH is 1. The zero-order chi connectivity index (χ0) is 14.2. The Bertz CT molecular complexity index is 419. The number of benzene rings is 1. The highest BCUT2D eigenvalue weighted by Crippen LogP contribution is 2.30. The molecule has 1 aliphatic rings. The number of hydrogen-bond acceptors (Lipinski definition) is 3. The largest absolute Gasteiger partial charge is 0.489 e. The van der Waals surface area contributed by atoms with E-state index in [1.165, 1.54) is 24.8 Å². The number of aliphatic hydroxyl groups is 1. The van der Waals surface area contributed by atoms with E-state index in [2.05, 4.69) is 18.0 Å². The Morgan fingerprint density at radius 3 is 2.90 bits per heavy atom. The van der Waals surface area contributed by atoms with Crippen molar-refractivity contribution in [1.29, 1.82) is 0 Å². The van der Waals surface area contributed by atoms with Crippen LogP contribution in [0.2, 0.25) is 0 Å². The molecular formula is C17H25NO2. The molecule has 0 amide bonds. The maximum atomic E-state index is 9.34. The molecule has 1 aliphatic carbocycles. The number of nitrogens with one attached hydrogen (secondary N) is 1. The van der Waals surface area contributed by atoms with Gasteiger partial charge >= 0.3 is 0 Å². The molecule has 0 spiro atoms. The minimum Gasteiger partial charge on any atom is -0.489 e. The summed E-state index contributed by atoms with van der Waals surface area (Å²) in [5.74, 6) is 2.01. The number of para-hydroxylation sites is 1. The highest BCUT2D eigenvalue weighted by atomic mass is 16.5. The molecule has 110 valence electrons. The Labute approximate surface area is 121 Å². The Balaban J connectivity index is 1.83. The second kappa shape index (κ2) is 8.08. The first-order valence-electron chi connectivity index (χ1n) is 7.48.